The molecule has 0 atom stereocenters. The number of hydrogen-bond donors (Lipinski definition) is 0. The predicted octanol–water partition coefficient (Wildman–Crippen LogP) is 3.31. The molecule has 0 aromatic carbocycles. The fourth-order valence-corrected chi connectivity index (χ4v) is 3.86. The Hall–Kier alpha value is -2.61. The molecule has 0 spiro atoms. The van der Waals surface area contributed by atoms with Crippen LogP contribution in [0.4, 0.5) is 0 Å². The van der Waals surface area contributed by atoms with Crippen LogP contribution in [0.2, 0.25) is 0 Å². The molecule has 24 heavy (non-hydrogen) atoms. The molecule has 4 aromatic rings. The molecule has 122 valence electrons. The van der Waals surface area contributed by atoms with Gasteiger partial charge >= 0.3 is 0 Å². The third kappa shape index (κ3) is 2.22. The zero-order valence-corrected chi connectivity index (χ0v) is 14.7. The molecular formula is C16H17N7S. The van der Waals surface area contributed by atoms with Gasteiger partial charge in [0.05, 0.1) is 11.3 Å². The quantitative estimate of drug-likeness (QED) is 0.572. The predicted molar refractivity (Wildman–Crippen MR) is 93.0 cm³/mol. The van der Waals surface area contributed by atoms with Crippen molar-refractivity contribution in [3.8, 4) is 22.0 Å². The highest BCUT2D eigenvalue weighted by Gasteiger charge is 2.21. The van der Waals surface area contributed by atoms with Gasteiger partial charge in [0.1, 0.15) is 0 Å². The van der Waals surface area contributed by atoms with E-state index in [1.807, 2.05) is 23.7 Å². The summed E-state index contributed by atoms with van der Waals surface area (Å²) in [4.78, 5) is 4.91. The van der Waals surface area contributed by atoms with Crippen molar-refractivity contribution in [2.45, 2.75) is 33.7 Å². The van der Waals surface area contributed by atoms with Crippen LogP contribution in [0.5, 0.6) is 0 Å². The molecular weight excluding hydrogens is 322 g/mol. The van der Waals surface area contributed by atoms with Gasteiger partial charge < -0.3 is 0 Å². The molecule has 0 aliphatic carbocycles. The van der Waals surface area contributed by atoms with Gasteiger partial charge in [-0.2, -0.15) is 14.7 Å². The van der Waals surface area contributed by atoms with E-state index in [1.54, 1.807) is 16.9 Å². The van der Waals surface area contributed by atoms with Gasteiger partial charge in [0.2, 0.25) is 4.96 Å². The molecule has 0 aliphatic heterocycles. The van der Waals surface area contributed by atoms with Crippen molar-refractivity contribution in [2.24, 2.45) is 0 Å². The summed E-state index contributed by atoms with van der Waals surface area (Å²) in [6.45, 7) is 8.36. The molecule has 0 amide bonds. The summed E-state index contributed by atoms with van der Waals surface area (Å²) in [6, 6.07) is 4.15. The first-order valence-electron chi connectivity index (χ1n) is 7.75. The van der Waals surface area contributed by atoms with Crippen molar-refractivity contribution in [3.05, 3.63) is 35.9 Å². The van der Waals surface area contributed by atoms with E-state index >= 15 is 0 Å². The molecule has 0 unspecified atom stereocenters. The fourth-order valence-electron chi connectivity index (χ4n) is 2.87. The van der Waals surface area contributed by atoms with Crippen molar-refractivity contribution >= 4 is 16.3 Å². The van der Waals surface area contributed by atoms with E-state index in [2.05, 4.69) is 41.1 Å². The monoisotopic (exact) mass is 339 g/mol. The van der Waals surface area contributed by atoms with E-state index in [1.165, 1.54) is 11.3 Å². The summed E-state index contributed by atoms with van der Waals surface area (Å²) >= 11 is 1.52. The van der Waals surface area contributed by atoms with E-state index in [4.69, 9.17) is 5.10 Å². The minimum atomic E-state index is 0.314. The third-order valence-corrected chi connectivity index (χ3v) is 4.85. The maximum Gasteiger partial charge on any atom is 0.235 e. The van der Waals surface area contributed by atoms with E-state index in [9.17, 15) is 0 Å². The molecule has 4 aromatic heterocycles. The Bertz CT molecular complexity index is 1010. The number of hydrogen-bond acceptors (Lipinski definition) is 6. The van der Waals surface area contributed by atoms with Crippen LogP contribution in [0.1, 0.15) is 31.3 Å². The van der Waals surface area contributed by atoms with Crippen LogP contribution >= 0.6 is 11.3 Å². The van der Waals surface area contributed by atoms with Crippen molar-refractivity contribution < 1.29 is 0 Å². The van der Waals surface area contributed by atoms with Gasteiger partial charge in [0.15, 0.2) is 10.8 Å². The van der Waals surface area contributed by atoms with Crippen LogP contribution in [0, 0.1) is 13.8 Å². The van der Waals surface area contributed by atoms with E-state index < -0.39 is 0 Å². The van der Waals surface area contributed by atoms with Crippen molar-refractivity contribution in [2.75, 3.05) is 0 Å². The molecule has 0 saturated heterocycles. The summed E-state index contributed by atoms with van der Waals surface area (Å²) in [5.41, 5.74) is 4.08. The zero-order chi connectivity index (χ0) is 16.8. The number of pyridine rings is 1. The van der Waals surface area contributed by atoms with Gasteiger partial charge in [0, 0.05) is 29.7 Å². The number of nitrogens with zero attached hydrogens (tertiary/aromatic N) is 7. The second kappa shape index (κ2) is 5.48. The topological polar surface area (TPSA) is 73.8 Å². The third-order valence-electron chi connectivity index (χ3n) is 3.94. The Balaban J connectivity index is 1.87. The molecule has 7 nitrogen and oxygen atoms in total. The Labute approximate surface area is 143 Å². The first-order chi connectivity index (χ1) is 11.6. The Morgan fingerprint density at radius 1 is 1.12 bits per heavy atom. The maximum atomic E-state index is 4.74. The molecule has 4 heterocycles. The van der Waals surface area contributed by atoms with E-state index in [0.717, 1.165) is 32.5 Å². The molecule has 8 heteroatoms. The highest BCUT2D eigenvalue weighted by Crippen LogP contribution is 2.33. The van der Waals surface area contributed by atoms with Crippen LogP contribution < -0.4 is 0 Å². The lowest BCUT2D eigenvalue weighted by molar-refractivity contribution is 0.516. The SMILES string of the molecule is Cc1nn(C(C)C)c(C)c1-c1nn2c(-c3cccnc3)nnc2s1. The van der Waals surface area contributed by atoms with E-state index in [0.29, 0.717) is 11.9 Å². The first kappa shape index (κ1) is 14.9. The highest BCUT2D eigenvalue weighted by molar-refractivity contribution is 7.19. The minimum absolute atomic E-state index is 0.314. The lowest BCUT2D eigenvalue weighted by Gasteiger charge is -2.07. The summed E-state index contributed by atoms with van der Waals surface area (Å²) < 4.78 is 3.82. The molecule has 0 fully saturated rings. The summed E-state index contributed by atoms with van der Waals surface area (Å²) in [7, 11) is 0. The lowest BCUT2D eigenvalue weighted by atomic mass is 10.2. The number of rotatable bonds is 3. The molecule has 0 radical (unpaired) electrons. The zero-order valence-electron chi connectivity index (χ0n) is 13.9. The van der Waals surface area contributed by atoms with Gasteiger partial charge in [-0.3, -0.25) is 9.67 Å². The van der Waals surface area contributed by atoms with Crippen LogP contribution in [0.3, 0.4) is 0 Å². The van der Waals surface area contributed by atoms with Crippen LogP contribution in [0.15, 0.2) is 24.5 Å². The molecule has 0 aliphatic rings. The Morgan fingerprint density at radius 2 is 1.96 bits per heavy atom. The Kier molecular flexibility index (Phi) is 3.42. The number of aryl methyl sites for hydroxylation is 1. The van der Waals surface area contributed by atoms with Crippen LogP contribution in [-0.4, -0.2) is 34.6 Å². The summed E-state index contributed by atoms with van der Waals surface area (Å²) in [6.07, 6.45) is 3.50. The normalized spacial score (nSPS) is 11.7. The first-order valence-corrected chi connectivity index (χ1v) is 8.56. The van der Waals surface area contributed by atoms with Gasteiger partial charge in [-0.25, -0.2) is 0 Å². The van der Waals surface area contributed by atoms with Crippen LogP contribution in [0.25, 0.3) is 26.9 Å². The fraction of sp³-hybridized carbons (Fsp3) is 0.312. The van der Waals surface area contributed by atoms with Gasteiger partial charge in [-0.1, -0.05) is 11.3 Å². The highest BCUT2D eigenvalue weighted by atomic mass is 32.1. The largest absolute Gasteiger partial charge is 0.266 e. The summed E-state index contributed by atoms with van der Waals surface area (Å²) in [5, 5.41) is 18.8. The smallest absolute Gasteiger partial charge is 0.235 e. The molecule has 0 N–H and O–H groups in total. The lowest BCUT2D eigenvalue weighted by Crippen LogP contribution is -2.04. The van der Waals surface area contributed by atoms with Crippen molar-refractivity contribution in [1.82, 2.24) is 34.6 Å². The second-order valence-corrected chi connectivity index (χ2v) is 6.91. The minimum Gasteiger partial charge on any atom is -0.266 e. The average molecular weight is 339 g/mol. The van der Waals surface area contributed by atoms with Gasteiger partial charge in [-0.05, 0) is 39.8 Å². The molecule has 4 rings (SSSR count). The van der Waals surface area contributed by atoms with Crippen molar-refractivity contribution in [3.63, 3.8) is 0 Å². The summed E-state index contributed by atoms with van der Waals surface area (Å²) in [5.74, 6) is 0.701. The van der Waals surface area contributed by atoms with Gasteiger partial charge in [-0.15, -0.1) is 10.2 Å². The molecule has 0 bridgehead atoms. The molecule has 0 saturated carbocycles. The standard InChI is InChI=1S/C16H17N7S/c1-9(2)22-11(4)13(10(3)20-22)15-21-23-14(18-19-16(23)24-15)12-6-5-7-17-8-12/h5-9H,1-4H3. The van der Waals surface area contributed by atoms with Crippen molar-refractivity contribution in [1.29, 1.82) is 0 Å². The maximum absolute atomic E-state index is 4.74. The average Bonchev–Trinajstić information content (AvgIpc) is 3.20. The van der Waals surface area contributed by atoms with Gasteiger partial charge in [0.25, 0.3) is 0 Å². The van der Waals surface area contributed by atoms with E-state index in [-0.39, 0.29) is 0 Å². The second-order valence-electron chi connectivity index (χ2n) is 5.95. The van der Waals surface area contributed by atoms with Crippen LogP contribution in [-0.2, 0) is 0 Å². The Morgan fingerprint density at radius 3 is 2.62 bits per heavy atom. The number of fused-ring (bicyclic) bond motifs is 1. The number of aromatic nitrogens is 7.